The van der Waals surface area contributed by atoms with Crippen LogP contribution in [0.15, 0.2) is 54.6 Å². The number of carbonyl (C=O) groups excluding carboxylic acids is 1. The largest absolute Gasteiger partial charge is 0.383 e. The van der Waals surface area contributed by atoms with E-state index in [1.165, 1.54) is 0 Å². The second kappa shape index (κ2) is 5.72. The third-order valence-corrected chi connectivity index (χ3v) is 4.01. The molecular formula is C18H14N6O. The fourth-order valence-corrected chi connectivity index (χ4v) is 2.81. The molecule has 1 amide bonds. The van der Waals surface area contributed by atoms with Gasteiger partial charge in [0.05, 0.1) is 5.39 Å². The highest BCUT2D eigenvalue weighted by Gasteiger charge is 2.18. The lowest BCUT2D eigenvalue weighted by Gasteiger charge is -2.10. The summed E-state index contributed by atoms with van der Waals surface area (Å²) in [5, 5.41) is 16.1. The van der Waals surface area contributed by atoms with Crippen molar-refractivity contribution < 1.29 is 4.79 Å². The maximum Gasteiger partial charge on any atom is 0.248 e. The molecule has 0 aliphatic heterocycles. The smallest absolute Gasteiger partial charge is 0.248 e. The zero-order valence-electron chi connectivity index (χ0n) is 13.1. The van der Waals surface area contributed by atoms with E-state index in [0.717, 1.165) is 22.1 Å². The van der Waals surface area contributed by atoms with Gasteiger partial charge >= 0.3 is 0 Å². The average Bonchev–Trinajstić information content (AvgIpc) is 3.03. The Bertz CT molecular complexity index is 1070. The molecule has 5 N–H and O–H groups in total. The van der Waals surface area contributed by atoms with Crippen LogP contribution in [0.4, 0.5) is 5.82 Å². The standard InChI is InChI=1S/C18H14N6O/c19-16-14-13(10-4-2-1-3-5-10)15(21-23-18(14)24-22-16)11-6-8-12(9-7-11)17(20)25/h1-9H,(H2,20,25)(H3,19,22,23,24). The maximum absolute atomic E-state index is 11.3. The molecule has 25 heavy (non-hydrogen) atoms. The highest BCUT2D eigenvalue weighted by molar-refractivity contribution is 6.05. The highest BCUT2D eigenvalue weighted by Crippen LogP contribution is 2.37. The van der Waals surface area contributed by atoms with Crippen molar-refractivity contribution in [3.63, 3.8) is 0 Å². The number of H-pyrrole nitrogens is 1. The topological polar surface area (TPSA) is 124 Å². The molecule has 0 atom stereocenters. The number of hydrogen-bond acceptors (Lipinski definition) is 5. The Morgan fingerprint density at radius 2 is 1.64 bits per heavy atom. The van der Waals surface area contributed by atoms with Gasteiger partial charge in [0.25, 0.3) is 0 Å². The minimum atomic E-state index is -0.476. The molecule has 0 aliphatic rings. The first kappa shape index (κ1) is 14.8. The van der Waals surface area contributed by atoms with E-state index >= 15 is 0 Å². The van der Waals surface area contributed by atoms with Gasteiger partial charge in [0, 0.05) is 16.7 Å². The number of hydrogen-bond donors (Lipinski definition) is 3. The molecule has 4 rings (SSSR count). The molecule has 0 saturated carbocycles. The Hall–Kier alpha value is -3.74. The number of fused-ring (bicyclic) bond motifs is 1. The first-order chi connectivity index (χ1) is 12.1. The van der Waals surface area contributed by atoms with Gasteiger partial charge in [-0.1, -0.05) is 42.5 Å². The average molecular weight is 330 g/mol. The van der Waals surface area contributed by atoms with Gasteiger partial charge < -0.3 is 11.5 Å². The number of primary amides is 1. The van der Waals surface area contributed by atoms with Crippen LogP contribution in [0.3, 0.4) is 0 Å². The minimum Gasteiger partial charge on any atom is -0.383 e. The van der Waals surface area contributed by atoms with Gasteiger partial charge in [-0.05, 0) is 17.7 Å². The second-order valence-electron chi connectivity index (χ2n) is 5.57. The molecule has 0 saturated heterocycles. The van der Waals surface area contributed by atoms with E-state index in [9.17, 15) is 4.79 Å². The Morgan fingerprint density at radius 3 is 2.32 bits per heavy atom. The van der Waals surface area contributed by atoms with E-state index in [1.54, 1.807) is 24.3 Å². The summed E-state index contributed by atoms with van der Waals surface area (Å²) in [6.07, 6.45) is 0. The molecule has 7 heteroatoms. The van der Waals surface area contributed by atoms with E-state index in [4.69, 9.17) is 11.5 Å². The SMILES string of the molecule is NC(=O)c1ccc(-c2nnc3n[nH]c(N)c3c2-c2ccccc2)cc1. The van der Waals surface area contributed by atoms with E-state index in [-0.39, 0.29) is 0 Å². The molecule has 2 heterocycles. The summed E-state index contributed by atoms with van der Waals surface area (Å²) in [7, 11) is 0. The number of rotatable bonds is 3. The summed E-state index contributed by atoms with van der Waals surface area (Å²) in [4.78, 5) is 11.3. The first-order valence-corrected chi connectivity index (χ1v) is 7.61. The van der Waals surface area contributed by atoms with Crippen LogP contribution in [0, 0.1) is 0 Å². The van der Waals surface area contributed by atoms with Crippen LogP contribution in [0.25, 0.3) is 33.4 Å². The Kier molecular flexibility index (Phi) is 3.39. The Labute approximate surface area is 142 Å². The summed E-state index contributed by atoms with van der Waals surface area (Å²) >= 11 is 0. The summed E-state index contributed by atoms with van der Waals surface area (Å²) in [6.45, 7) is 0. The first-order valence-electron chi connectivity index (χ1n) is 7.61. The minimum absolute atomic E-state index is 0.429. The van der Waals surface area contributed by atoms with Gasteiger partial charge in [-0.25, -0.2) is 0 Å². The lowest BCUT2D eigenvalue weighted by molar-refractivity contribution is 0.100. The number of anilines is 1. The van der Waals surface area contributed by atoms with E-state index in [1.807, 2.05) is 30.3 Å². The van der Waals surface area contributed by atoms with Crippen LogP contribution >= 0.6 is 0 Å². The number of aromatic amines is 1. The van der Waals surface area contributed by atoms with Crippen LogP contribution in [-0.4, -0.2) is 26.3 Å². The molecule has 122 valence electrons. The van der Waals surface area contributed by atoms with E-state index < -0.39 is 5.91 Å². The zero-order valence-corrected chi connectivity index (χ0v) is 13.1. The van der Waals surface area contributed by atoms with Crippen molar-refractivity contribution in [2.45, 2.75) is 0 Å². The number of amides is 1. The van der Waals surface area contributed by atoms with Gasteiger partial charge in [-0.3, -0.25) is 9.89 Å². The molecule has 0 fully saturated rings. The number of nitrogen functional groups attached to an aromatic ring is 1. The van der Waals surface area contributed by atoms with E-state index in [2.05, 4.69) is 20.4 Å². The van der Waals surface area contributed by atoms with Crippen LogP contribution in [0.5, 0.6) is 0 Å². The summed E-state index contributed by atoms with van der Waals surface area (Å²) in [5.41, 5.74) is 15.5. The molecule has 7 nitrogen and oxygen atoms in total. The van der Waals surface area contributed by atoms with Crippen molar-refractivity contribution in [3.05, 3.63) is 60.2 Å². The lowest BCUT2D eigenvalue weighted by atomic mass is 9.96. The molecule has 0 aliphatic carbocycles. The summed E-state index contributed by atoms with van der Waals surface area (Å²) in [6, 6.07) is 16.7. The molecule has 2 aromatic heterocycles. The number of nitrogens with two attached hydrogens (primary N) is 2. The molecule has 0 bridgehead atoms. The predicted octanol–water partition coefficient (Wildman–Crippen LogP) is 2.37. The number of benzene rings is 2. The molecule has 0 spiro atoms. The number of nitrogens with one attached hydrogen (secondary N) is 1. The normalized spacial score (nSPS) is 10.9. The van der Waals surface area contributed by atoms with Crippen LogP contribution in [0.2, 0.25) is 0 Å². The van der Waals surface area contributed by atoms with Crippen LogP contribution in [-0.2, 0) is 0 Å². The van der Waals surface area contributed by atoms with Gasteiger partial charge in [-0.2, -0.15) is 5.10 Å². The van der Waals surface area contributed by atoms with Crippen molar-refractivity contribution in [2.24, 2.45) is 5.73 Å². The number of aromatic nitrogens is 4. The van der Waals surface area contributed by atoms with Gasteiger partial charge in [0.15, 0.2) is 0 Å². The quantitative estimate of drug-likeness (QED) is 0.532. The number of carbonyl (C=O) groups is 1. The van der Waals surface area contributed by atoms with Crippen LogP contribution in [0.1, 0.15) is 10.4 Å². The Balaban J connectivity index is 2.01. The molecular weight excluding hydrogens is 316 g/mol. The van der Waals surface area contributed by atoms with Crippen molar-refractivity contribution in [1.82, 2.24) is 20.4 Å². The lowest BCUT2D eigenvalue weighted by Crippen LogP contribution is -2.10. The predicted molar refractivity (Wildman–Crippen MR) is 95.5 cm³/mol. The van der Waals surface area contributed by atoms with Crippen molar-refractivity contribution in [2.75, 3.05) is 5.73 Å². The van der Waals surface area contributed by atoms with Gasteiger partial charge in [-0.15, -0.1) is 10.2 Å². The summed E-state index contributed by atoms with van der Waals surface area (Å²) < 4.78 is 0. The van der Waals surface area contributed by atoms with Gasteiger partial charge in [0.1, 0.15) is 11.5 Å². The molecule has 0 unspecified atom stereocenters. The molecule has 0 radical (unpaired) electrons. The van der Waals surface area contributed by atoms with Crippen molar-refractivity contribution in [1.29, 1.82) is 0 Å². The Morgan fingerprint density at radius 1 is 0.920 bits per heavy atom. The zero-order chi connectivity index (χ0) is 17.4. The summed E-state index contributed by atoms with van der Waals surface area (Å²) in [5.74, 6) is -0.0470. The van der Waals surface area contributed by atoms with Gasteiger partial charge in [0.2, 0.25) is 11.6 Å². The van der Waals surface area contributed by atoms with Crippen LogP contribution < -0.4 is 11.5 Å². The maximum atomic E-state index is 11.3. The van der Waals surface area contributed by atoms with E-state index in [0.29, 0.717) is 22.7 Å². The fraction of sp³-hybridized carbons (Fsp3) is 0. The fourth-order valence-electron chi connectivity index (χ4n) is 2.81. The third-order valence-electron chi connectivity index (χ3n) is 4.01. The highest BCUT2D eigenvalue weighted by atomic mass is 16.1. The number of nitrogens with zero attached hydrogens (tertiary/aromatic N) is 3. The second-order valence-corrected chi connectivity index (χ2v) is 5.57. The third kappa shape index (κ3) is 2.47. The van der Waals surface area contributed by atoms with Crippen molar-refractivity contribution >= 4 is 22.8 Å². The molecule has 2 aromatic carbocycles. The van der Waals surface area contributed by atoms with Crippen molar-refractivity contribution in [3.8, 4) is 22.4 Å². The monoisotopic (exact) mass is 330 g/mol. The molecule has 4 aromatic rings.